The van der Waals surface area contributed by atoms with Crippen LogP contribution < -0.4 is 25.3 Å². The van der Waals surface area contributed by atoms with Gasteiger partial charge in [-0.15, -0.1) is 0 Å². The van der Waals surface area contributed by atoms with E-state index in [0.29, 0.717) is 40.4 Å². The fourth-order valence-electron chi connectivity index (χ4n) is 4.79. The molecule has 10 nitrogen and oxygen atoms in total. The van der Waals surface area contributed by atoms with Crippen LogP contribution in [0.3, 0.4) is 0 Å². The van der Waals surface area contributed by atoms with Gasteiger partial charge < -0.3 is 25.2 Å². The van der Waals surface area contributed by atoms with E-state index in [2.05, 4.69) is 44.0 Å². The van der Waals surface area contributed by atoms with Crippen LogP contribution in [0.25, 0.3) is 0 Å². The summed E-state index contributed by atoms with van der Waals surface area (Å²) >= 11 is 6.08. The van der Waals surface area contributed by atoms with Crippen LogP contribution in [-0.2, 0) is 9.63 Å². The fourth-order valence-corrected chi connectivity index (χ4v) is 4.91. The highest BCUT2D eigenvalue weighted by molar-refractivity contribution is 6.30. The number of methoxy groups -OCH3 is 1. The lowest BCUT2D eigenvalue weighted by molar-refractivity contribution is -0.111. The Hall–Kier alpha value is -3.86. The Bertz CT molecular complexity index is 1330. The quantitative estimate of drug-likeness (QED) is 0.389. The molecule has 1 atom stereocenters. The van der Waals surface area contributed by atoms with Crippen molar-refractivity contribution in [2.75, 3.05) is 67.5 Å². The van der Waals surface area contributed by atoms with E-state index in [9.17, 15) is 4.79 Å². The number of nitrogens with one attached hydrogen (secondary N) is 2. The van der Waals surface area contributed by atoms with E-state index < -0.39 is 0 Å². The number of hydrogen-bond acceptors (Lipinski definition) is 9. The summed E-state index contributed by atoms with van der Waals surface area (Å²) in [5, 5.41) is 8.78. The van der Waals surface area contributed by atoms with Gasteiger partial charge in [0.15, 0.2) is 5.82 Å². The van der Waals surface area contributed by atoms with E-state index in [1.165, 1.54) is 12.4 Å². The van der Waals surface area contributed by atoms with E-state index in [1.807, 2.05) is 42.5 Å². The maximum Gasteiger partial charge on any atom is 0.247 e. The minimum atomic E-state index is -0.287. The third-order valence-corrected chi connectivity index (χ3v) is 7.16. The molecule has 0 bridgehead atoms. The van der Waals surface area contributed by atoms with Gasteiger partial charge >= 0.3 is 0 Å². The Morgan fingerprint density at radius 2 is 1.90 bits per heavy atom. The number of nitrogens with zero attached hydrogens (tertiary/aromatic N) is 5. The molecule has 0 saturated carbocycles. The second-order valence-electron chi connectivity index (χ2n) is 9.45. The van der Waals surface area contributed by atoms with Gasteiger partial charge in [-0.3, -0.25) is 9.63 Å². The highest BCUT2D eigenvalue weighted by Gasteiger charge is 2.29. The number of likely N-dealkylation sites (N-methyl/N-ethyl adjacent to an activating group) is 1. The van der Waals surface area contributed by atoms with Crippen molar-refractivity contribution in [3.63, 3.8) is 0 Å². The van der Waals surface area contributed by atoms with Crippen LogP contribution in [0.4, 0.5) is 28.7 Å². The van der Waals surface area contributed by atoms with Gasteiger partial charge in [0.1, 0.15) is 17.9 Å². The molecule has 5 rings (SSSR count). The van der Waals surface area contributed by atoms with E-state index in [0.717, 1.165) is 43.9 Å². The molecule has 2 aromatic carbocycles. The number of piperazine rings is 1. The van der Waals surface area contributed by atoms with Crippen molar-refractivity contribution < 1.29 is 14.4 Å². The molecular weight excluding hydrogens is 518 g/mol. The smallest absolute Gasteiger partial charge is 0.247 e. The summed E-state index contributed by atoms with van der Waals surface area (Å²) < 4.78 is 5.75. The first-order chi connectivity index (χ1) is 18.9. The molecule has 0 radical (unpaired) electrons. The van der Waals surface area contributed by atoms with Gasteiger partial charge in [-0.2, -0.15) is 0 Å². The first-order valence-corrected chi connectivity index (χ1v) is 13.2. The van der Waals surface area contributed by atoms with E-state index in [1.54, 1.807) is 12.2 Å². The van der Waals surface area contributed by atoms with Crippen LogP contribution in [-0.4, -0.2) is 67.7 Å². The van der Waals surface area contributed by atoms with Gasteiger partial charge in [-0.1, -0.05) is 30.3 Å². The number of ether oxygens (including phenoxy) is 1. The molecule has 1 aromatic heterocycles. The number of rotatable bonds is 8. The lowest BCUT2D eigenvalue weighted by Crippen LogP contribution is -2.44. The Balaban J connectivity index is 1.43. The Labute approximate surface area is 233 Å². The van der Waals surface area contributed by atoms with Crippen molar-refractivity contribution in [3.05, 3.63) is 72.0 Å². The van der Waals surface area contributed by atoms with Crippen molar-refractivity contribution >= 4 is 46.2 Å². The Kier molecular flexibility index (Phi) is 8.16. The average Bonchev–Trinajstić information content (AvgIpc) is 3.44. The van der Waals surface area contributed by atoms with Crippen molar-refractivity contribution in [1.82, 2.24) is 14.9 Å². The molecule has 2 saturated heterocycles. The number of carbonyl (C=O) groups is 1. The monoisotopic (exact) mass is 549 g/mol. The molecule has 2 N–H and O–H groups in total. The van der Waals surface area contributed by atoms with Gasteiger partial charge in [0.25, 0.3) is 0 Å². The van der Waals surface area contributed by atoms with Crippen LogP contribution in [0.15, 0.2) is 61.4 Å². The predicted octanol–water partition coefficient (Wildman–Crippen LogP) is 4.64. The molecule has 0 unspecified atom stereocenters. The molecule has 3 aromatic rings. The summed E-state index contributed by atoms with van der Waals surface area (Å²) in [7, 11) is 3.72. The maximum absolute atomic E-state index is 12.3. The highest BCUT2D eigenvalue weighted by Crippen LogP contribution is 2.40. The summed E-state index contributed by atoms with van der Waals surface area (Å²) in [5.74, 6) is 1.51. The zero-order valence-corrected chi connectivity index (χ0v) is 22.8. The Morgan fingerprint density at radius 1 is 1.13 bits per heavy atom. The van der Waals surface area contributed by atoms with Gasteiger partial charge in [-0.05, 0) is 36.9 Å². The minimum Gasteiger partial charge on any atom is -0.494 e. The topological polar surface area (TPSA) is 95.1 Å². The second-order valence-corrected chi connectivity index (χ2v) is 9.89. The number of hydrogen-bond donors (Lipinski definition) is 2. The molecule has 0 aliphatic carbocycles. The van der Waals surface area contributed by atoms with E-state index in [-0.39, 0.29) is 11.9 Å². The molecule has 0 spiro atoms. The third-order valence-electron chi connectivity index (χ3n) is 6.91. The van der Waals surface area contributed by atoms with Crippen LogP contribution in [0.5, 0.6) is 5.75 Å². The van der Waals surface area contributed by atoms with Crippen LogP contribution in [0.1, 0.15) is 18.0 Å². The molecule has 39 heavy (non-hydrogen) atoms. The predicted molar refractivity (Wildman–Crippen MR) is 154 cm³/mol. The second kappa shape index (κ2) is 11.9. The summed E-state index contributed by atoms with van der Waals surface area (Å²) in [4.78, 5) is 31.6. The fraction of sp³-hybridized carbons (Fsp3) is 0.321. The molecule has 204 valence electrons. The zero-order chi connectivity index (χ0) is 27.4. The van der Waals surface area contributed by atoms with Crippen LogP contribution >= 0.6 is 11.6 Å². The van der Waals surface area contributed by atoms with E-state index in [4.69, 9.17) is 21.2 Å². The van der Waals surface area contributed by atoms with E-state index >= 15 is 0 Å². The molecule has 3 heterocycles. The molecule has 2 aliphatic rings. The van der Waals surface area contributed by atoms with Gasteiger partial charge in [0, 0.05) is 49.8 Å². The lowest BCUT2D eigenvalue weighted by atomic mass is 10.0. The Morgan fingerprint density at radius 3 is 2.62 bits per heavy atom. The molecule has 11 heteroatoms. The van der Waals surface area contributed by atoms with Crippen molar-refractivity contribution in [2.45, 2.75) is 12.5 Å². The average molecular weight is 550 g/mol. The first kappa shape index (κ1) is 26.7. The lowest BCUT2D eigenvalue weighted by Gasteiger charge is -2.35. The molecule has 2 fully saturated rings. The number of halogens is 1. The zero-order valence-electron chi connectivity index (χ0n) is 22.1. The summed E-state index contributed by atoms with van der Waals surface area (Å²) in [6.45, 7) is 7.70. The van der Waals surface area contributed by atoms with Gasteiger partial charge in [-0.25, -0.2) is 15.0 Å². The normalized spacial score (nSPS) is 17.7. The maximum atomic E-state index is 12.3. The largest absolute Gasteiger partial charge is 0.494 e. The van der Waals surface area contributed by atoms with Crippen LogP contribution in [0, 0.1) is 0 Å². The highest BCUT2D eigenvalue weighted by atomic mass is 35.5. The van der Waals surface area contributed by atoms with Crippen molar-refractivity contribution in [2.24, 2.45) is 0 Å². The molecule has 2 aliphatic heterocycles. The first-order valence-electron chi connectivity index (χ1n) is 12.8. The van der Waals surface area contributed by atoms with Crippen molar-refractivity contribution in [1.29, 1.82) is 0 Å². The SMILES string of the molecule is C=CC(=O)Nc1cc(Nc2cc(N3OCC[C@@H]3c3ccc(Cl)cc3)ncn2)c(OC)cc1N1CCN(C)CC1. The summed E-state index contributed by atoms with van der Waals surface area (Å²) in [5.41, 5.74) is 3.29. The number of benzene rings is 2. The third kappa shape index (κ3) is 6.08. The van der Waals surface area contributed by atoms with Gasteiger partial charge in [0.05, 0.1) is 36.8 Å². The number of amides is 1. The number of aromatic nitrogens is 2. The molecular formula is C28H32ClN7O3. The summed E-state index contributed by atoms with van der Waals surface area (Å²) in [6.07, 6.45) is 3.57. The number of carbonyl (C=O) groups excluding carboxylic acids is 1. The minimum absolute atomic E-state index is 0.00291. The number of anilines is 5. The van der Waals surface area contributed by atoms with Crippen molar-refractivity contribution in [3.8, 4) is 5.75 Å². The summed E-state index contributed by atoms with van der Waals surface area (Å²) in [6, 6.07) is 13.4. The molecule has 1 amide bonds. The van der Waals surface area contributed by atoms with Crippen LogP contribution in [0.2, 0.25) is 5.02 Å². The van der Waals surface area contributed by atoms with Gasteiger partial charge in [0.2, 0.25) is 5.91 Å². The standard InChI is InChI=1S/C28H32ClN7O3/c1-4-28(37)33-21-15-22(25(38-3)16-24(21)35-12-10-34(2)11-13-35)32-26-17-27(31-18-30-26)36-23(9-14-39-36)19-5-7-20(29)8-6-19/h4-8,15-18,23H,1,9-14H2,2-3H3,(H,33,37)(H,30,31,32)/t23-/m1/s1. The number of hydroxylamine groups is 1.